The van der Waals surface area contributed by atoms with Crippen molar-refractivity contribution in [3.8, 4) is 0 Å². The van der Waals surface area contributed by atoms with E-state index in [-0.39, 0.29) is 23.7 Å². The first-order valence-electron chi connectivity index (χ1n) is 10.8. The van der Waals surface area contributed by atoms with Gasteiger partial charge in [0, 0.05) is 19.6 Å². The standard InChI is InChI=1S/C20H39N7O3/c1-5-24-18(29)16-9-7-11-27(16)19(30)14(8-6-10-25-20(21)22)26-17(28)15(23-4)12-13(2)3/h13-16,23H,5-12H2,1-4H3,(H,24,29)(H,26,28)(H4,21,22,25). The van der Waals surface area contributed by atoms with Crippen LogP contribution in [0.1, 0.15) is 52.9 Å². The summed E-state index contributed by atoms with van der Waals surface area (Å²) in [5.74, 6) is -0.293. The molecule has 10 heteroatoms. The molecule has 0 aromatic rings. The van der Waals surface area contributed by atoms with E-state index in [1.165, 1.54) is 0 Å². The normalized spacial score (nSPS) is 18.0. The van der Waals surface area contributed by atoms with Crippen LogP contribution in [0.25, 0.3) is 0 Å². The van der Waals surface area contributed by atoms with Gasteiger partial charge in [0.15, 0.2) is 5.96 Å². The first-order chi connectivity index (χ1) is 14.2. The molecule has 3 atom stereocenters. The van der Waals surface area contributed by atoms with Gasteiger partial charge in [-0.2, -0.15) is 0 Å². The number of hydrogen-bond acceptors (Lipinski definition) is 5. The Kier molecular flexibility index (Phi) is 11.2. The van der Waals surface area contributed by atoms with Crippen molar-refractivity contribution >= 4 is 23.7 Å². The van der Waals surface area contributed by atoms with Crippen LogP contribution in [-0.4, -0.2) is 73.4 Å². The number of nitrogens with two attached hydrogens (primary N) is 2. The van der Waals surface area contributed by atoms with Crippen molar-refractivity contribution < 1.29 is 14.4 Å². The summed E-state index contributed by atoms with van der Waals surface area (Å²) in [4.78, 5) is 44.0. The minimum atomic E-state index is -0.732. The molecule has 0 aliphatic carbocycles. The van der Waals surface area contributed by atoms with Crippen LogP contribution >= 0.6 is 0 Å². The second kappa shape index (κ2) is 13.0. The van der Waals surface area contributed by atoms with E-state index in [1.807, 2.05) is 20.8 Å². The highest BCUT2D eigenvalue weighted by Gasteiger charge is 2.37. The van der Waals surface area contributed by atoms with Gasteiger partial charge in [0.25, 0.3) is 0 Å². The summed E-state index contributed by atoms with van der Waals surface area (Å²) in [6.07, 6.45) is 2.96. The van der Waals surface area contributed by atoms with E-state index in [2.05, 4.69) is 20.9 Å². The number of carbonyl (C=O) groups excluding carboxylic acids is 3. The minimum Gasteiger partial charge on any atom is -0.370 e. The fraction of sp³-hybridized carbons (Fsp3) is 0.800. The molecule has 1 rings (SSSR count). The van der Waals surface area contributed by atoms with E-state index in [4.69, 9.17) is 11.5 Å². The second-order valence-corrected chi connectivity index (χ2v) is 8.07. The summed E-state index contributed by atoms with van der Waals surface area (Å²) >= 11 is 0. The van der Waals surface area contributed by atoms with Gasteiger partial charge in [0.05, 0.1) is 6.04 Å². The van der Waals surface area contributed by atoms with Gasteiger partial charge in [-0.1, -0.05) is 13.8 Å². The molecular formula is C20H39N7O3. The molecule has 3 amide bonds. The molecule has 1 heterocycles. The van der Waals surface area contributed by atoms with Gasteiger partial charge in [0.2, 0.25) is 17.7 Å². The Morgan fingerprint density at radius 2 is 1.90 bits per heavy atom. The average Bonchev–Trinajstić information content (AvgIpc) is 3.17. The van der Waals surface area contributed by atoms with Crippen molar-refractivity contribution in [2.45, 2.75) is 71.0 Å². The number of nitrogens with one attached hydrogen (secondary N) is 3. The van der Waals surface area contributed by atoms with Gasteiger partial charge >= 0.3 is 0 Å². The van der Waals surface area contributed by atoms with Crippen LogP contribution in [0.5, 0.6) is 0 Å². The highest BCUT2D eigenvalue weighted by atomic mass is 16.2. The largest absolute Gasteiger partial charge is 0.370 e. The fourth-order valence-electron chi connectivity index (χ4n) is 3.66. The van der Waals surface area contributed by atoms with Crippen molar-refractivity contribution in [1.29, 1.82) is 0 Å². The molecular weight excluding hydrogens is 386 g/mol. The third-order valence-electron chi connectivity index (χ3n) is 5.12. The molecule has 0 aromatic carbocycles. The maximum Gasteiger partial charge on any atom is 0.245 e. The summed E-state index contributed by atoms with van der Waals surface area (Å²) in [6, 6.07) is -1.62. The van der Waals surface area contributed by atoms with Crippen LogP contribution < -0.4 is 27.4 Å². The van der Waals surface area contributed by atoms with Gasteiger partial charge in [-0.25, -0.2) is 0 Å². The summed E-state index contributed by atoms with van der Waals surface area (Å²) in [5, 5.41) is 8.70. The lowest BCUT2D eigenvalue weighted by Gasteiger charge is -2.29. The lowest BCUT2D eigenvalue weighted by molar-refractivity contribution is -0.141. The fourth-order valence-corrected chi connectivity index (χ4v) is 3.66. The quantitative estimate of drug-likeness (QED) is 0.158. The van der Waals surface area contributed by atoms with Crippen LogP contribution in [0.4, 0.5) is 0 Å². The molecule has 3 unspecified atom stereocenters. The SMILES string of the molecule is CCNC(=O)C1CCCN1C(=O)C(CCCN=C(N)N)NC(=O)C(CC(C)C)NC. The van der Waals surface area contributed by atoms with Crippen LogP contribution in [0.15, 0.2) is 4.99 Å². The van der Waals surface area contributed by atoms with E-state index in [9.17, 15) is 14.4 Å². The Hall–Kier alpha value is -2.36. The maximum atomic E-state index is 13.3. The highest BCUT2D eigenvalue weighted by molar-refractivity contribution is 5.93. The van der Waals surface area contributed by atoms with Gasteiger partial charge < -0.3 is 32.3 Å². The molecule has 30 heavy (non-hydrogen) atoms. The molecule has 0 aromatic heterocycles. The Labute approximate surface area is 179 Å². The number of aliphatic imine (C=N–C) groups is 1. The first kappa shape index (κ1) is 25.7. The van der Waals surface area contributed by atoms with E-state index in [1.54, 1.807) is 11.9 Å². The zero-order valence-corrected chi connectivity index (χ0v) is 18.7. The van der Waals surface area contributed by atoms with Crippen LogP contribution in [-0.2, 0) is 14.4 Å². The monoisotopic (exact) mass is 425 g/mol. The number of guanidine groups is 1. The lowest BCUT2D eigenvalue weighted by Crippen LogP contribution is -2.56. The molecule has 0 saturated carbocycles. The minimum absolute atomic E-state index is 0.00932. The van der Waals surface area contributed by atoms with E-state index in [0.29, 0.717) is 51.2 Å². The summed E-state index contributed by atoms with van der Waals surface area (Å²) in [5.41, 5.74) is 10.7. The summed E-state index contributed by atoms with van der Waals surface area (Å²) < 4.78 is 0. The third-order valence-corrected chi connectivity index (χ3v) is 5.12. The van der Waals surface area contributed by atoms with E-state index < -0.39 is 18.1 Å². The zero-order chi connectivity index (χ0) is 22.7. The van der Waals surface area contributed by atoms with Gasteiger partial charge in [-0.05, 0) is 52.0 Å². The predicted molar refractivity (Wildman–Crippen MR) is 118 cm³/mol. The van der Waals surface area contributed by atoms with Crippen LogP contribution in [0.3, 0.4) is 0 Å². The topological polar surface area (TPSA) is 155 Å². The number of nitrogens with zero attached hydrogens (tertiary/aromatic N) is 2. The molecule has 0 spiro atoms. The number of likely N-dealkylation sites (N-methyl/N-ethyl adjacent to an activating group) is 2. The van der Waals surface area contributed by atoms with Gasteiger partial charge in [-0.3, -0.25) is 19.4 Å². The van der Waals surface area contributed by atoms with Crippen molar-refractivity contribution in [1.82, 2.24) is 20.9 Å². The molecule has 0 radical (unpaired) electrons. The molecule has 172 valence electrons. The number of likely N-dealkylation sites (tertiary alicyclic amines) is 1. The number of hydrogen-bond donors (Lipinski definition) is 5. The van der Waals surface area contributed by atoms with Crippen LogP contribution in [0.2, 0.25) is 0 Å². The number of rotatable bonds is 12. The lowest BCUT2D eigenvalue weighted by atomic mass is 10.0. The molecule has 1 aliphatic rings. The van der Waals surface area contributed by atoms with Crippen molar-refractivity contribution in [3.63, 3.8) is 0 Å². The highest BCUT2D eigenvalue weighted by Crippen LogP contribution is 2.20. The Balaban J connectivity index is 2.92. The molecule has 7 N–H and O–H groups in total. The van der Waals surface area contributed by atoms with Crippen molar-refractivity contribution in [2.24, 2.45) is 22.4 Å². The first-order valence-corrected chi connectivity index (χ1v) is 10.8. The molecule has 1 saturated heterocycles. The molecule has 0 bridgehead atoms. The van der Waals surface area contributed by atoms with E-state index >= 15 is 0 Å². The smallest absolute Gasteiger partial charge is 0.245 e. The number of amides is 3. The maximum absolute atomic E-state index is 13.3. The summed E-state index contributed by atoms with van der Waals surface area (Å²) in [6.45, 7) is 7.30. The van der Waals surface area contributed by atoms with Crippen molar-refractivity contribution in [2.75, 3.05) is 26.7 Å². The molecule has 1 fully saturated rings. The zero-order valence-electron chi connectivity index (χ0n) is 18.7. The summed E-state index contributed by atoms with van der Waals surface area (Å²) in [7, 11) is 1.73. The average molecular weight is 426 g/mol. The Morgan fingerprint density at radius 3 is 2.47 bits per heavy atom. The molecule has 10 nitrogen and oxygen atoms in total. The van der Waals surface area contributed by atoms with Crippen LogP contribution in [0, 0.1) is 5.92 Å². The van der Waals surface area contributed by atoms with E-state index in [0.717, 1.165) is 6.42 Å². The van der Waals surface area contributed by atoms with Gasteiger partial charge in [-0.15, -0.1) is 0 Å². The number of carbonyl (C=O) groups is 3. The Morgan fingerprint density at radius 1 is 1.20 bits per heavy atom. The third kappa shape index (κ3) is 8.17. The second-order valence-electron chi connectivity index (χ2n) is 8.07. The Bertz CT molecular complexity index is 605. The molecule has 1 aliphatic heterocycles. The van der Waals surface area contributed by atoms with Gasteiger partial charge in [0.1, 0.15) is 12.1 Å². The predicted octanol–water partition coefficient (Wildman–Crippen LogP) is -0.714. The van der Waals surface area contributed by atoms with Crippen molar-refractivity contribution in [3.05, 3.63) is 0 Å².